The van der Waals surface area contributed by atoms with E-state index in [4.69, 9.17) is 4.74 Å². The van der Waals surface area contributed by atoms with Gasteiger partial charge in [0, 0.05) is 43.7 Å². The number of carbonyl (C=O) groups excluding carboxylic acids is 2. The molecule has 5 nitrogen and oxygen atoms in total. The molecule has 0 spiro atoms. The van der Waals surface area contributed by atoms with Gasteiger partial charge in [-0.3, -0.25) is 9.59 Å². The predicted octanol–water partition coefficient (Wildman–Crippen LogP) is 4.13. The maximum absolute atomic E-state index is 14.0. The molecule has 0 N–H and O–H groups in total. The van der Waals surface area contributed by atoms with Crippen molar-refractivity contribution in [1.82, 2.24) is 9.80 Å². The van der Waals surface area contributed by atoms with Gasteiger partial charge in [0.05, 0.1) is 12.2 Å². The van der Waals surface area contributed by atoms with Gasteiger partial charge < -0.3 is 14.5 Å². The second-order valence-electron chi connectivity index (χ2n) is 8.22. The van der Waals surface area contributed by atoms with Gasteiger partial charge in [0.15, 0.2) is 0 Å². The van der Waals surface area contributed by atoms with Crippen molar-refractivity contribution in [3.63, 3.8) is 0 Å². The fraction of sp³-hybridized carbons (Fsp3) is 0.417. The average molecular weight is 428 g/mol. The highest BCUT2D eigenvalue weighted by atomic mass is 19.1. The minimum absolute atomic E-state index is 0.0542. The van der Waals surface area contributed by atoms with Crippen LogP contribution in [0.3, 0.4) is 0 Å². The molecule has 2 heterocycles. The Bertz CT molecular complexity index is 942. The molecule has 7 heteroatoms. The molecule has 0 aromatic heterocycles. The van der Waals surface area contributed by atoms with Crippen LogP contribution in [-0.2, 0) is 0 Å². The van der Waals surface area contributed by atoms with Crippen LogP contribution in [0.2, 0.25) is 0 Å². The average Bonchev–Trinajstić information content (AvgIpc) is 3.32. The Morgan fingerprint density at radius 1 is 0.903 bits per heavy atom. The van der Waals surface area contributed by atoms with Crippen molar-refractivity contribution in [3.8, 4) is 5.75 Å². The van der Waals surface area contributed by atoms with Crippen LogP contribution in [0, 0.1) is 17.6 Å². The van der Waals surface area contributed by atoms with Crippen molar-refractivity contribution in [2.24, 2.45) is 5.92 Å². The zero-order valence-electron chi connectivity index (χ0n) is 17.4. The first-order chi connectivity index (χ1) is 15.0. The summed E-state index contributed by atoms with van der Waals surface area (Å²) in [6.45, 7) is 3.06. The van der Waals surface area contributed by atoms with Crippen molar-refractivity contribution in [1.29, 1.82) is 0 Å². The lowest BCUT2D eigenvalue weighted by Crippen LogP contribution is -2.41. The summed E-state index contributed by atoms with van der Waals surface area (Å²) >= 11 is 0. The highest BCUT2D eigenvalue weighted by molar-refractivity contribution is 5.95. The Morgan fingerprint density at radius 2 is 1.61 bits per heavy atom. The first-order valence-electron chi connectivity index (χ1n) is 10.8. The van der Waals surface area contributed by atoms with Gasteiger partial charge in [-0.05, 0) is 62.1 Å². The lowest BCUT2D eigenvalue weighted by molar-refractivity contribution is 0.0628. The molecule has 31 heavy (non-hydrogen) atoms. The number of piperidine rings is 1. The minimum atomic E-state index is -0.841. The summed E-state index contributed by atoms with van der Waals surface area (Å²) in [4.78, 5) is 28.5. The molecule has 1 atom stereocenters. The van der Waals surface area contributed by atoms with Gasteiger partial charge in [-0.1, -0.05) is 0 Å². The standard InChI is InChI=1S/C24H26F2N2O3/c25-19-7-10-21(22(26)14-19)24(30)28-13-3-4-17(15-28)16-31-20-8-5-18(6-9-20)23(29)27-11-1-2-12-27/h5-10,14,17H,1-4,11-13,15-16H2/t17-/m1/s1. The Hall–Kier alpha value is -2.96. The van der Waals surface area contributed by atoms with Crippen LogP contribution < -0.4 is 4.74 Å². The quantitative estimate of drug-likeness (QED) is 0.720. The smallest absolute Gasteiger partial charge is 0.256 e. The zero-order chi connectivity index (χ0) is 21.8. The van der Waals surface area contributed by atoms with Gasteiger partial charge in [-0.2, -0.15) is 0 Å². The van der Waals surface area contributed by atoms with Crippen LogP contribution in [-0.4, -0.2) is 54.4 Å². The van der Waals surface area contributed by atoms with Crippen molar-refractivity contribution < 1.29 is 23.1 Å². The van der Waals surface area contributed by atoms with Crippen LogP contribution in [0.15, 0.2) is 42.5 Å². The van der Waals surface area contributed by atoms with E-state index in [1.165, 1.54) is 6.07 Å². The molecular weight excluding hydrogens is 402 g/mol. The summed E-state index contributed by atoms with van der Waals surface area (Å²) in [5.74, 6) is -1.12. The molecule has 2 aliphatic rings. The molecule has 0 radical (unpaired) electrons. The molecule has 0 unspecified atom stereocenters. The zero-order valence-corrected chi connectivity index (χ0v) is 17.4. The predicted molar refractivity (Wildman–Crippen MR) is 112 cm³/mol. The Labute approximate surface area is 180 Å². The number of hydrogen-bond acceptors (Lipinski definition) is 3. The highest BCUT2D eigenvalue weighted by Crippen LogP contribution is 2.22. The van der Waals surface area contributed by atoms with Gasteiger partial charge in [-0.15, -0.1) is 0 Å². The topological polar surface area (TPSA) is 49.9 Å². The third-order valence-electron chi connectivity index (χ3n) is 5.95. The molecule has 4 rings (SSSR count). The van der Waals surface area contributed by atoms with Crippen molar-refractivity contribution in [2.45, 2.75) is 25.7 Å². The largest absolute Gasteiger partial charge is 0.493 e. The van der Waals surface area contributed by atoms with E-state index in [1.807, 2.05) is 4.90 Å². The summed E-state index contributed by atoms with van der Waals surface area (Å²) in [7, 11) is 0. The molecule has 2 fully saturated rings. The van der Waals surface area contributed by atoms with E-state index in [0.717, 1.165) is 50.9 Å². The summed E-state index contributed by atoms with van der Waals surface area (Å²) in [5.41, 5.74) is 0.547. The fourth-order valence-electron chi connectivity index (χ4n) is 4.23. The summed E-state index contributed by atoms with van der Waals surface area (Å²) in [6.07, 6.45) is 3.82. The molecule has 2 saturated heterocycles. The van der Waals surface area contributed by atoms with Gasteiger partial charge in [0.25, 0.3) is 11.8 Å². The van der Waals surface area contributed by atoms with Gasteiger partial charge >= 0.3 is 0 Å². The SMILES string of the molecule is O=C(c1ccc(OC[C@@H]2CCCN(C(=O)c3ccc(F)cc3F)C2)cc1)N1CCCC1. The number of likely N-dealkylation sites (tertiary alicyclic amines) is 2. The Balaban J connectivity index is 1.31. The van der Waals surface area contributed by atoms with Crippen molar-refractivity contribution >= 4 is 11.8 Å². The summed E-state index contributed by atoms with van der Waals surface area (Å²) in [5, 5.41) is 0. The van der Waals surface area contributed by atoms with E-state index in [2.05, 4.69) is 0 Å². The normalized spacial score (nSPS) is 18.8. The van der Waals surface area contributed by atoms with Crippen LogP contribution >= 0.6 is 0 Å². The summed E-state index contributed by atoms with van der Waals surface area (Å²) < 4.78 is 33.0. The van der Waals surface area contributed by atoms with Crippen LogP contribution in [0.4, 0.5) is 8.78 Å². The lowest BCUT2D eigenvalue weighted by atomic mass is 9.98. The van der Waals surface area contributed by atoms with Crippen LogP contribution in [0.1, 0.15) is 46.4 Å². The first-order valence-corrected chi connectivity index (χ1v) is 10.8. The molecule has 0 bridgehead atoms. The third kappa shape index (κ3) is 5.03. The Kier molecular flexibility index (Phi) is 6.49. The molecule has 2 aliphatic heterocycles. The van der Waals surface area contributed by atoms with Crippen LogP contribution in [0.25, 0.3) is 0 Å². The summed E-state index contributed by atoms with van der Waals surface area (Å²) in [6, 6.07) is 10.2. The number of benzene rings is 2. The number of ether oxygens (including phenoxy) is 1. The minimum Gasteiger partial charge on any atom is -0.493 e. The molecule has 0 aliphatic carbocycles. The molecule has 164 valence electrons. The first kappa shape index (κ1) is 21.3. The fourth-order valence-corrected chi connectivity index (χ4v) is 4.23. The highest BCUT2D eigenvalue weighted by Gasteiger charge is 2.27. The molecular formula is C24H26F2N2O3. The van der Waals surface area contributed by atoms with Gasteiger partial charge in [0.2, 0.25) is 0 Å². The third-order valence-corrected chi connectivity index (χ3v) is 5.95. The molecule has 2 aromatic rings. The number of carbonyl (C=O) groups is 2. The molecule has 0 saturated carbocycles. The molecule has 2 aromatic carbocycles. The Morgan fingerprint density at radius 3 is 2.32 bits per heavy atom. The number of nitrogens with zero attached hydrogens (tertiary/aromatic N) is 2. The number of amides is 2. The number of rotatable bonds is 5. The molecule has 2 amide bonds. The van der Waals surface area contributed by atoms with Gasteiger partial charge in [0.1, 0.15) is 17.4 Å². The maximum Gasteiger partial charge on any atom is 0.256 e. The van der Waals surface area contributed by atoms with E-state index in [0.29, 0.717) is 31.0 Å². The number of halogens is 2. The second kappa shape index (κ2) is 9.45. The van der Waals surface area contributed by atoms with E-state index in [1.54, 1.807) is 29.2 Å². The maximum atomic E-state index is 14.0. The van der Waals surface area contributed by atoms with E-state index in [9.17, 15) is 18.4 Å². The van der Waals surface area contributed by atoms with E-state index >= 15 is 0 Å². The monoisotopic (exact) mass is 428 g/mol. The number of hydrogen-bond donors (Lipinski definition) is 0. The van der Waals surface area contributed by atoms with Crippen molar-refractivity contribution in [2.75, 3.05) is 32.8 Å². The second-order valence-corrected chi connectivity index (χ2v) is 8.22. The van der Waals surface area contributed by atoms with E-state index in [-0.39, 0.29) is 17.4 Å². The van der Waals surface area contributed by atoms with Crippen molar-refractivity contribution in [3.05, 3.63) is 65.2 Å². The lowest BCUT2D eigenvalue weighted by Gasteiger charge is -2.32. The van der Waals surface area contributed by atoms with E-state index < -0.39 is 17.5 Å². The van der Waals surface area contributed by atoms with Gasteiger partial charge in [-0.25, -0.2) is 8.78 Å². The van der Waals surface area contributed by atoms with Crippen LogP contribution in [0.5, 0.6) is 5.75 Å².